The molecule has 1 aliphatic carbocycles. The van der Waals surface area contributed by atoms with Gasteiger partial charge in [0.15, 0.2) is 0 Å². The second kappa shape index (κ2) is 4.48. The summed E-state index contributed by atoms with van der Waals surface area (Å²) in [6.45, 7) is 2.28. The van der Waals surface area contributed by atoms with Crippen LogP contribution in [-0.2, 0) is 6.42 Å². The molecule has 18 heavy (non-hydrogen) atoms. The van der Waals surface area contributed by atoms with Gasteiger partial charge in [-0.1, -0.05) is 42.4 Å². The maximum Gasteiger partial charge on any atom is 0.228 e. The molecule has 0 spiro atoms. The Kier molecular flexibility index (Phi) is 2.82. The zero-order valence-electron chi connectivity index (χ0n) is 10.8. The second-order valence-corrected chi connectivity index (χ2v) is 5.13. The van der Waals surface area contributed by atoms with E-state index in [0.29, 0.717) is 11.8 Å². The van der Waals surface area contributed by atoms with Crippen molar-refractivity contribution in [2.24, 2.45) is 5.92 Å². The number of nitrogens with zero attached hydrogens (tertiary/aromatic N) is 1. The molecule has 3 heteroatoms. The topological polar surface area (TPSA) is 38.1 Å². The van der Waals surface area contributed by atoms with Gasteiger partial charge < -0.3 is 9.84 Å². The molecule has 3 rings (SSSR count). The summed E-state index contributed by atoms with van der Waals surface area (Å²) in [4.78, 5) is 0. The monoisotopic (exact) mass is 242 g/mol. The van der Waals surface area contributed by atoms with Gasteiger partial charge in [-0.2, -0.15) is 0 Å². The zero-order valence-corrected chi connectivity index (χ0v) is 10.8. The SMILES string of the molecule is CNc1onc2c1C(c1ccccc1)CC(C)C2. The molecule has 0 fully saturated rings. The van der Waals surface area contributed by atoms with E-state index in [1.54, 1.807) is 0 Å². The number of rotatable bonds is 2. The second-order valence-electron chi connectivity index (χ2n) is 5.13. The molecule has 94 valence electrons. The van der Waals surface area contributed by atoms with Crippen molar-refractivity contribution in [2.45, 2.75) is 25.7 Å². The average Bonchev–Trinajstić information content (AvgIpc) is 2.81. The highest BCUT2D eigenvalue weighted by Crippen LogP contribution is 2.42. The first-order valence-corrected chi connectivity index (χ1v) is 6.50. The minimum absolute atomic E-state index is 0.402. The van der Waals surface area contributed by atoms with Gasteiger partial charge in [-0.3, -0.25) is 0 Å². The predicted octanol–water partition coefficient (Wildman–Crippen LogP) is 3.43. The third-order valence-corrected chi connectivity index (χ3v) is 3.76. The Morgan fingerprint density at radius 3 is 2.78 bits per heavy atom. The van der Waals surface area contributed by atoms with Crippen molar-refractivity contribution in [1.82, 2.24) is 5.16 Å². The third kappa shape index (κ3) is 1.80. The van der Waals surface area contributed by atoms with Crippen molar-refractivity contribution in [1.29, 1.82) is 0 Å². The van der Waals surface area contributed by atoms with Crippen molar-refractivity contribution in [3.8, 4) is 0 Å². The number of nitrogens with one attached hydrogen (secondary N) is 1. The van der Waals surface area contributed by atoms with Crippen molar-refractivity contribution in [3.63, 3.8) is 0 Å². The van der Waals surface area contributed by atoms with Gasteiger partial charge in [0.1, 0.15) is 0 Å². The third-order valence-electron chi connectivity index (χ3n) is 3.76. The summed E-state index contributed by atoms with van der Waals surface area (Å²) >= 11 is 0. The van der Waals surface area contributed by atoms with Crippen molar-refractivity contribution in [3.05, 3.63) is 47.2 Å². The highest BCUT2D eigenvalue weighted by atomic mass is 16.5. The van der Waals surface area contributed by atoms with Crippen LogP contribution in [0.3, 0.4) is 0 Å². The first-order chi connectivity index (χ1) is 8.79. The van der Waals surface area contributed by atoms with E-state index >= 15 is 0 Å². The van der Waals surface area contributed by atoms with Gasteiger partial charge >= 0.3 is 0 Å². The molecule has 3 nitrogen and oxygen atoms in total. The fourth-order valence-electron chi connectivity index (χ4n) is 2.94. The van der Waals surface area contributed by atoms with Crippen LogP contribution in [0.5, 0.6) is 0 Å². The number of hydrogen-bond acceptors (Lipinski definition) is 3. The van der Waals surface area contributed by atoms with Crippen molar-refractivity contribution >= 4 is 5.88 Å². The van der Waals surface area contributed by atoms with Gasteiger partial charge in [-0.25, -0.2) is 0 Å². The van der Waals surface area contributed by atoms with E-state index in [2.05, 4.69) is 47.7 Å². The molecular formula is C15H18N2O. The molecule has 0 aliphatic heterocycles. The van der Waals surface area contributed by atoms with Crippen LogP contribution in [0.2, 0.25) is 0 Å². The summed E-state index contributed by atoms with van der Waals surface area (Å²) in [6, 6.07) is 10.6. The minimum Gasteiger partial charge on any atom is -0.357 e. The van der Waals surface area contributed by atoms with E-state index in [4.69, 9.17) is 4.52 Å². The van der Waals surface area contributed by atoms with E-state index in [-0.39, 0.29) is 0 Å². The van der Waals surface area contributed by atoms with Gasteiger partial charge in [0.25, 0.3) is 0 Å². The standard InChI is InChI=1S/C15H18N2O/c1-10-8-12(11-6-4-3-5-7-11)14-13(9-10)17-18-15(14)16-2/h3-7,10,12,16H,8-9H2,1-2H3. The Morgan fingerprint density at radius 2 is 2.06 bits per heavy atom. The summed E-state index contributed by atoms with van der Waals surface area (Å²) in [5.41, 5.74) is 3.72. The Labute approximate surface area is 107 Å². The van der Waals surface area contributed by atoms with Gasteiger partial charge in [-0.15, -0.1) is 0 Å². The van der Waals surface area contributed by atoms with Crippen LogP contribution in [0, 0.1) is 5.92 Å². The lowest BCUT2D eigenvalue weighted by molar-refractivity contribution is 0.412. The molecule has 1 aromatic carbocycles. The summed E-state index contributed by atoms with van der Waals surface area (Å²) in [7, 11) is 1.89. The highest BCUT2D eigenvalue weighted by molar-refractivity contribution is 5.50. The molecule has 2 aromatic rings. The van der Waals surface area contributed by atoms with Gasteiger partial charge in [0.05, 0.1) is 5.69 Å². The van der Waals surface area contributed by atoms with Crippen LogP contribution in [-0.4, -0.2) is 12.2 Å². The molecule has 1 aliphatic rings. The molecule has 1 aromatic heterocycles. The van der Waals surface area contributed by atoms with Crippen molar-refractivity contribution < 1.29 is 4.52 Å². The first kappa shape index (κ1) is 11.3. The molecule has 1 heterocycles. The summed E-state index contributed by atoms with van der Waals surface area (Å²) in [5, 5.41) is 7.34. The maximum atomic E-state index is 5.41. The van der Waals surface area contributed by atoms with Crippen LogP contribution in [0.25, 0.3) is 0 Å². The normalized spacial score (nSPS) is 22.6. The van der Waals surface area contributed by atoms with Crippen LogP contribution in [0.4, 0.5) is 5.88 Å². The fourth-order valence-corrected chi connectivity index (χ4v) is 2.94. The minimum atomic E-state index is 0.402. The molecule has 2 atom stereocenters. The van der Waals surface area contributed by atoms with Gasteiger partial charge in [0.2, 0.25) is 5.88 Å². The number of benzene rings is 1. The Balaban J connectivity index is 2.09. The lowest BCUT2D eigenvalue weighted by Crippen LogP contribution is -2.17. The molecule has 2 unspecified atom stereocenters. The molecular weight excluding hydrogens is 224 g/mol. The van der Waals surface area contributed by atoms with Gasteiger partial charge in [0, 0.05) is 18.5 Å². The van der Waals surface area contributed by atoms with E-state index in [9.17, 15) is 0 Å². The highest BCUT2D eigenvalue weighted by Gasteiger charge is 2.31. The van der Waals surface area contributed by atoms with E-state index in [0.717, 1.165) is 24.4 Å². The fraction of sp³-hybridized carbons (Fsp3) is 0.400. The quantitative estimate of drug-likeness (QED) is 0.876. The lowest BCUT2D eigenvalue weighted by atomic mass is 9.77. The average molecular weight is 242 g/mol. The molecule has 1 N–H and O–H groups in total. The Bertz CT molecular complexity index is 533. The van der Waals surface area contributed by atoms with Gasteiger partial charge in [-0.05, 0) is 24.3 Å². The first-order valence-electron chi connectivity index (χ1n) is 6.50. The lowest BCUT2D eigenvalue weighted by Gasteiger charge is -2.26. The summed E-state index contributed by atoms with van der Waals surface area (Å²) in [5.74, 6) is 1.88. The van der Waals surface area contributed by atoms with E-state index in [1.807, 2.05) is 7.05 Å². The smallest absolute Gasteiger partial charge is 0.228 e. The van der Waals surface area contributed by atoms with E-state index in [1.165, 1.54) is 11.1 Å². The summed E-state index contributed by atoms with van der Waals surface area (Å²) in [6.07, 6.45) is 2.18. The van der Waals surface area contributed by atoms with Crippen LogP contribution >= 0.6 is 0 Å². The zero-order chi connectivity index (χ0) is 12.5. The molecule has 0 saturated carbocycles. The largest absolute Gasteiger partial charge is 0.357 e. The molecule has 0 amide bonds. The van der Waals surface area contributed by atoms with Crippen LogP contribution in [0.1, 0.15) is 36.1 Å². The number of hydrogen-bond donors (Lipinski definition) is 1. The summed E-state index contributed by atoms with van der Waals surface area (Å²) < 4.78 is 5.41. The Hall–Kier alpha value is -1.77. The number of anilines is 1. The molecule has 0 bridgehead atoms. The molecule has 0 saturated heterocycles. The molecule has 0 radical (unpaired) electrons. The van der Waals surface area contributed by atoms with Crippen LogP contribution < -0.4 is 5.32 Å². The van der Waals surface area contributed by atoms with E-state index < -0.39 is 0 Å². The number of aromatic nitrogens is 1. The maximum absolute atomic E-state index is 5.41. The van der Waals surface area contributed by atoms with Crippen LogP contribution in [0.15, 0.2) is 34.9 Å². The predicted molar refractivity (Wildman–Crippen MR) is 71.8 cm³/mol. The Morgan fingerprint density at radius 1 is 1.28 bits per heavy atom. The number of fused-ring (bicyclic) bond motifs is 1. The van der Waals surface area contributed by atoms with Crippen molar-refractivity contribution in [2.75, 3.05) is 12.4 Å².